The van der Waals surface area contributed by atoms with E-state index >= 15 is 0 Å². The summed E-state index contributed by atoms with van der Waals surface area (Å²) in [6.45, 7) is 7.16. The zero-order valence-electron chi connectivity index (χ0n) is 12.7. The topological polar surface area (TPSA) is 29.1 Å². The van der Waals surface area contributed by atoms with Gasteiger partial charge in [-0.1, -0.05) is 12.7 Å². The van der Waals surface area contributed by atoms with Crippen LogP contribution in [0.2, 0.25) is 0 Å². The van der Waals surface area contributed by atoms with E-state index in [9.17, 15) is 4.79 Å². The maximum absolute atomic E-state index is 10.8. The Balaban J connectivity index is 0.00000361. The minimum atomic E-state index is 0. The van der Waals surface area contributed by atoms with Crippen molar-refractivity contribution < 1.29 is 17.2 Å². The summed E-state index contributed by atoms with van der Waals surface area (Å²) >= 11 is 0. The van der Waals surface area contributed by atoms with E-state index in [1.54, 1.807) is 6.92 Å². The Morgan fingerprint density at radius 3 is 2.35 bits per heavy atom. The van der Waals surface area contributed by atoms with Gasteiger partial charge < -0.3 is 17.7 Å². The van der Waals surface area contributed by atoms with Crippen LogP contribution in [0.1, 0.15) is 25.3 Å². The normalized spacial score (nSPS) is 10.6. The first-order chi connectivity index (χ1) is 8.95. The highest BCUT2D eigenvalue weighted by Crippen LogP contribution is 2.20. The molecule has 4 heteroatoms. The molecule has 0 spiro atoms. The molecule has 0 atom stereocenters. The number of halogens is 1. The van der Waals surface area contributed by atoms with Crippen LogP contribution in [-0.4, -0.2) is 33.1 Å². The zero-order valence-corrected chi connectivity index (χ0v) is 13.4. The number of nitrogens with zero attached hydrogens (tertiary/aromatic N) is 1. The number of rotatable bonds is 7. The van der Waals surface area contributed by atoms with Gasteiger partial charge in [-0.15, -0.1) is 0 Å². The van der Waals surface area contributed by atoms with Gasteiger partial charge in [-0.2, -0.15) is 0 Å². The summed E-state index contributed by atoms with van der Waals surface area (Å²) in [7, 11) is 4.42. The molecule has 112 valence electrons. The van der Waals surface area contributed by atoms with Crippen molar-refractivity contribution in [1.82, 2.24) is 9.80 Å². The fourth-order valence-electron chi connectivity index (χ4n) is 2.04. The molecule has 20 heavy (non-hydrogen) atoms. The Kier molecular flexibility index (Phi) is 8.19. The van der Waals surface area contributed by atoms with E-state index < -0.39 is 0 Å². The summed E-state index contributed by atoms with van der Waals surface area (Å²) in [6.07, 6.45) is 3.97. The zero-order chi connectivity index (χ0) is 14.3. The first-order valence-corrected chi connectivity index (χ1v) is 6.76. The van der Waals surface area contributed by atoms with Gasteiger partial charge in [-0.05, 0) is 42.7 Å². The van der Waals surface area contributed by atoms with E-state index in [1.165, 1.54) is 5.69 Å². The molecule has 0 aliphatic heterocycles. The van der Waals surface area contributed by atoms with Crippen LogP contribution in [0.15, 0.2) is 30.8 Å². The highest BCUT2D eigenvalue weighted by atomic mass is 35.5. The lowest BCUT2D eigenvalue weighted by Crippen LogP contribution is -3.00. The average molecular weight is 297 g/mol. The number of hydrogen-bond acceptors (Lipinski definition) is 1. The molecule has 0 aliphatic rings. The van der Waals surface area contributed by atoms with E-state index in [0.717, 1.165) is 36.0 Å². The van der Waals surface area contributed by atoms with Crippen molar-refractivity contribution in [2.75, 3.05) is 27.2 Å². The van der Waals surface area contributed by atoms with Crippen molar-refractivity contribution in [3.05, 3.63) is 36.4 Å². The number of quaternary nitrogens is 1. The summed E-state index contributed by atoms with van der Waals surface area (Å²) in [4.78, 5) is 10.8. The summed E-state index contributed by atoms with van der Waals surface area (Å²) in [6, 6.07) is 8.51. The fraction of sp³-hybridized carbons (Fsp3) is 0.438. The third kappa shape index (κ3) is 6.22. The number of amides is 1. The van der Waals surface area contributed by atoms with Crippen LogP contribution < -0.4 is 22.2 Å². The second kappa shape index (κ2) is 8.77. The molecule has 3 nitrogen and oxygen atoms in total. The standard InChI is InChI=1S/C16H24N2O.ClH/c1-5-15-8-10-16(11-9-15)18(3,4)13-7-6-12-17-14(2)19;/h5,8-11H,1,6-7,12-13H2,2-4H3;1H. The number of hydrogen-bond donors (Lipinski definition) is 1. The van der Waals surface area contributed by atoms with E-state index in [1.807, 2.05) is 6.08 Å². The molecule has 1 aromatic carbocycles. The van der Waals surface area contributed by atoms with Crippen molar-refractivity contribution in [2.45, 2.75) is 19.8 Å². The second-order valence-electron chi connectivity index (χ2n) is 5.39. The first-order valence-electron chi connectivity index (χ1n) is 6.76. The van der Waals surface area contributed by atoms with Crippen molar-refractivity contribution in [3.63, 3.8) is 0 Å². The Morgan fingerprint density at radius 1 is 1.25 bits per heavy atom. The van der Waals surface area contributed by atoms with Gasteiger partial charge in [0.1, 0.15) is 5.69 Å². The number of benzene rings is 1. The van der Waals surface area contributed by atoms with E-state index in [0.29, 0.717) is 0 Å². The van der Waals surface area contributed by atoms with Gasteiger partial charge in [0.15, 0.2) is 0 Å². The number of nitrogens with one attached hydrogen (secondary N) is 1. The van der Waals surface area contributed by atoms with Gasteiger partial charge in [0.2, 0.25) is 5.91 Å². The Hall–Kier alpha value is -1.32. The van der Waals surface area contributed by atoms with Crippen LogP contribution in [0.25, 0.3) is 6.08 Å². The van der Waals surface area contributed by atoms with Crippen LogP contribution in [-0.2, 0) is 4.79 Å². The molecule has 0 aliphatic carbocycles. The highest BCUT2D eigenvalue weighted by Gasteiger charge is 2.17. The third-order valence-electron chi connectivity index (χ3n) is 3.35. The number of unbranched alkanes of at least 4 members (excludes halogenated alkanes) is 1. The molecule has 1 N–H and O–H groups in total. The molecular weight excluding hydrogens is 272 g/mol. The predicted octanol–water partition coefficient (Wildman–Crippen LogP) is -0.183. The summed E-state index contributed by atoms with van der Waals surface area (Å²) in [5, 5.41) is 2.83. The molecule has 0 saturated heterocycles. The molecule has 0 unspecified atom stereocenters. The lowest BCUT2D eigenvalue weighted by atomic mass is 10.1. The minimum absolute atomic E-state index is 0. The number of carbonyl (C=O) groups is 1. The summed E-state index contributed by atoms with van der Waals surface area (Å²) in [5.41, 5.74) is 2.44. The predicted molar refractivity (Wildman–Crippen MR) is 83.0 cm³/mol. The largest absolute Gasteiger partial charge is 1.00 e. The van der Waals surface area contributed by atoms with Crippen molar-refractivity contribution in [2.24, 2.45) is 0 Å². The maximum Gasteiger partial charge on any atom is 0.216 e. The van der Waals surface area contributed by atoms with Crippen LogP contribution >= 0.6 is 0 Å². The Bertz CT molecular complexity index is 427. The van der Waals surface area contributed by atoms with Gasteiger partial charge in [0, 0.05) is 13.5 Å². The number of carbonyl (C=O) groups excluding carboxylic acids is 1. The van der Waals surface area contributed by atoms with Crippen LogP contribution in [0.5, 0.6) is 0 Å². The molecule has 0 fully saturated rings. The molecule has 0 radical (unpaired) electrons. The van der Waals surface area contributed by atoms with Crippen molar-refractivity contribution in [1.29, 1.82) is 0 Å². The third-order valence-corrected chi connectivity index (χ3v) is 3.35. The van der Waals surface area contributed by atoms with E-state index in [-0.39, 0.29) is 18.3 Å². The molecule has 0 heterocycles. The molecule has 0 bridgehead atoms. The quantitative estimate of drug-likeness (QED) is 0.549. The monoisotopic (exact) mass is 296 g/mol. The average Bonchev–Trinajstić information content (AvgIpc) is 2.38. The molecule has 0 aromatic heterocycles. The van der Waals surface area contributed by atoms with Gasteiger partial charge >= 0.3 is 0 Å². The minimum Gasteiger partial charge on any atom is -1.00 e. The van der Waals surface area contributed by atoms with E-state index in [2.05, 4.69) is 50.3 Å². The Morgan fingerprint density at radius 2 is 1.85 bits per heavy atom. The molecule has 0 saturated carbocycles. The lowest BCUT2D eigenvalue weighted by Gasteiger charge is -2.29. The molecule has 1 rings (SSSR count). The van der Waals surface area contributed by atoms with Gasteiger partial charge in [0.05, 0.1) is 20.6 Å². The van der Waals surface area contributed by atoms with Crippen LogP contribution in [0.3, 0.4) is 0 Å². The van der Waals surface area contributed by atoms with Crippen molar-refractivity contribution >= 4 is 17.7 Å². The van der Waals surface area contributed by atoms with E-state index in [4.69, 9.17) is 0 Å². The fourth-order valence-corrected chi connectivity index (χ4v) is 2.04. The SMILES string of the molecule is C=Cc1ccc([N+](C)(C)CCCCNC(C)=O)cc1.[Cl-]. The highest BCUT2D eigenvalue weighted by molar-refractivity contribution is 5.72. The van der Waals surface area contributed by atoms with Crippen molar-refractivity contribution in [3.8, 4) is 0 Å². The van der Waals surface area contributed by atoms with Gasteiger partial charge in [-0.3, -0.25) is 9.28 Å². The van der Waals surface area contributed by atoms with Gasteiger partial charge in [-0.25, -0.2) is 0 Å². The van der Waals surface area contributed by atoms with Crippen LogP contribution in [0.4, 0.5) is 5.69 Å². The molecule has 1 amide bonds. The maximum atomic E-state index is 10.8. The lowest BCUT2D eigenvalue weighted by molar-refractivity contribution is -0.118. The smallest absolute Gasteiger partial charge is 0.216 e. The molecule has 1 aromatic rings. The Labute approximate surface area is 128 Å². The summed E-state index contributed by atoms with van der Waals surface area (Å²) < 4.78 is 0.859. The second-order valence-corrected chi connectivity index (χ2v) is 5.39. The molecular formula is C16H25ClN2O. The first kappa shape index (κ1) is 18.7. The summed E-state index contributed by atoms with van der Waals surface area (Å²) in [5.74, 6) is 0.0498. The van der Waals surface area contributed by atoms with Crippen LogP contribution in [0, 0.1) is 0 Å². The van der Waals surface area contributed by atoms with Gasteiger partial charge in [0.25, 0.3) is 0 Å².